The van der Waals surface area contributed by atoms with Crippen LogP contribution < -0.4 is 16.2 Å². The summed E-state index contributed by atoms with van der Waals surface area (Å²) in [5.41, 5.74) is 12.3. The van der Waals surface area contributed by atoms with Gasteiger partial charge in [0.05, 0.1) is 7.11 Å². The summed E-state index contributed by atoms with van der Waals surface area (Å²) < 4.78 is 5.19. The molecule has 1 unspecified atom stereocenters. The van der Waals surface area contributed by atoms with E-state index in [-0.39, 0.29) is 6.04 Å². The molecule has 1 atom stereocenters. The van der Waals surface area contributed by atoms with Gasteiger partial charge in [-0.05, 0) is 31.2 Å². The molecule has 14 heavy (non-hydrogen) atoms. The van der Waals surface area contributed by atoms with Crippen LogP contribution in [0.2, 0.25) is 5.02 Å². The lowest BCUT2D eigenvalue weighted by Gasteiger charge is -2.15. The monoisotopic (exact) mass is 214 g/mol. The van der Waals surface area contributed by atoms with Gasteiger partial charge in [-0.15, -0.1) is 0 Å². The largest absolute Gasteiger partial charge is 0.496 e. The Morgan fingerprint density at radius 2 is 2.21 bits per heavy atom. The van der Waals surface area contributed by atoms with E-state index in [0.717, 1.165) is 17.7 Å². The van der Waals surface area contributed by atoms with Gasteiger partial charge in [0.1, 0.15) is 5.75 Å². The minimum atomic E-state index is -0.117. The number of methoxy groups -OCH3 is 1. The van der Waals surface area contributed by atoms with E-state index in [1.807, 2.05) is 12.1 Å². The number of benzene rings is 1. The Balaban J connectivity index is 2.97. The van der Waals surface area contributed by atoms with Crippen molar-refractivity contribution in [2.45, 2.75) is 12.5 Å². The van der Waals surface area contributed by atoms with E-state index in [4.69, 9.17) is 27.8 Å². The number of halogens is 1. The van der Waals surface area contributed by atoms with E-state index in [1.54, 1.807) is 13.2 Å². The maximum absolute atomic E-state index is 5.93. The van der Waals surface area contributed by atoms with Crippen LogP contribution in [0.15, 0.2) is 18.2 Å². The van der Waals surface area contributed by atoms with Crippen LogP contribution in [-0.4, -0.2) is 13.7 Å². The molecule has 0 amide bonds. The molecular weight excluding hydrogens is 200 g/mol. The molecule has 0 aliphatic carbocycles. The third-order valence-corrected chi connectivity index (χ3v) is 2.30. The Hall–Kier alpha value is -0.770. The molecule has 0 aliphatic rings. The number of rotatable bonds is 4. The molecule has 0 spiro atoms. The van der Waals surface area contributed by atoms with E-state index >= 15 is 0 Å². The standard InChI is InChI=1S/C10H15ClN2O/c1-14-10-3-2-7(11)6-8(10)9(13)4-5-12/h2-3,6,9H,4-5,12-13H2,1H3. The highest BCUT2D eigenvalue weighted by Crippen LogP contribution is 2.28. The fraction of sp³-hybridized carbons (Fsp3) is 0.400. The van der Waals surface area contributed by atoms with Gasteiger partial charge >= 0.3 is 0 Å². The van der Waals surface area contributed by atoms with Crippen molar-refractivity contribution in [3.05, 3.63) is 28.8 Å². The number of nitrogens with two attached hydrogens (primary N) is 2. The van der Waals surface area contributed by atoms with Crippen LogP contribution in [0.3, 0.4) is 0 Å². The van der Waals surface area contributed by atoms with Crippen molar-refractivity contribution in [3.63, 3.8) is 0 Å². The lowest BCUT2D eigenvalue weighted by Crippen LogP contribution is -2.16. The summed E-state index contributed by atoms with van der Waals surface area (Å²) >= 11 is 5.88. The summed E-state index contributed by atoms with van der Waals surface area (Å²) in [6, 6.07) is 5.29. The van der Waals surface area contributed by atoms with Crippen LogP contribution in [-0.2, 0) is 0 Å². The minimum absolute atomic E-state index is 0.117. The van der Waals surface area contributed by atoms with Crippen molar-refractivity contribution in [1.82, 2.24) is 0 Å². The fourth-order valence-corrected chi connectivity index (χ4v) is 1.51. The van der Waals surface area contributed by atoms with Crippen molar-refractivity contribution in [1.29, 1.82) is 0 Å². The zero-order chi connectivity index (χ0) is 10.6. The third kappa shape index (κ3) is 2.61. The molecule has 4 N–H and O–H groups in total. The zero-order valence-corrected chi connectivity index (χ0v) is 8.92. The van der Waals surface area contributed by atoms with Crippen LogP contribution in [0, 0.1) is 0 Å². The molecule has 0 bridgehead atoms. The van der Waals surface area contributed by atoms with Crippen LogP contribution >= 0.6 is 11.6 Å². The first-order chi connectivity index (χ1) is 6.69. The van der Waals surface area contributed by atoms with Gasteiger partial charge in [-0.2, -0.15) is 0 Å². The maximum atomic E-state index is 5.93. The summed E-state index contributed by atoms with van der Waals surface area (Å²) in [6.45, 7) is 0.552. The third-order valence-electron chi connectivity index (χ3n) is 2.07. The Morgan fingerprint density at radius 1 is 1.50 bits per heavy atom. The summed E-state index contributed by atoms with van der Waals surface area (Å²) in [5.74, 6) is 0.760. The van der Waals surface area contributed by atoms with Crippen LogP contribution in [0.1, 0.15) is 18.0 Å². The molecule has 3 nitrogen and oxygen atoms in total. The molecule has 0 heterocycles. The van der Waals surface area contributed by atoms with Crippen molar-refractivity contribution in [2.75, 3.05) is 13.7 Å². The van der Waals surface area contributed by atoms with Crippen LogP contribution in [0.5, 0.6) is 5.75 Å². The number of ether oxygens (including phenoxy) is 1. The highest BCUT2D eigenvalue weighted by Gasteiger charge is 2.11. The SMILES string of the molecule is COc1ccc(Cl)cc1C(N)CCN. The van der Waals surface area contributed by atoms with Crippen molar-refractivity contribution < 1.29 is 4.74 Å². The average Bonchev–Trinajstić information content (AvgIpc) is 2.18. The first kappa shape index (κ1) is 11.3. The molecule has 1 rings (SSSR count). The van der Waals surface area contributed by atoms with E-state index in [1.165, 1.54) is 0 Å². The maximum Gasteiger partial charge on any atom is 0.123 e. The quantitative estimate of drug-likeness (QED) is 0.802. The zero-order valence-electron chi connectivity index (χ0n) is 8.16. The predicted molar refractivity (Wildman–Crippen MR) is 58.6 cm³/mol. The van der Waals surface area contributed by atoms with Gasteiger partial charge in [-0.3, -0.25) is 0 Å². The molecule has 0 saturated heterocycles. The fourth-order valence-electron chi connectivity index (χ4n) is 1.33. The molecule has 1 aromatic rings. The second-order valence-electron chi connectivity index (χ2n) is 3.07. The van der Waals surface area contributed by atoms with Crippen molar-refractivity contribution in [3.8, 4) is 5.75 Å². The highest BCUT2D eigenvalue weighted by atomic mass is 35.5. The van der Waals surface area contributed by atoms with Crippen molar-refractivity contribution >= 4 is 11.6 Å². The molecule has 0 saturated carbocycles. The topological polar surface area (TPSA) is 61.3 Å². The summed E-state index contributed by atoms with van der Waals surface area (Å²) in [4.78, 5) is 0. The molecule has 78 valence electrons. The predicted octanol–water partition coefficient (Wildman–Crippen LogP) is 1.70. The van der Waals surface area contributed by atoms with Gasteiger partial charge in [0.2, 0.25) is 0 Å². The number of hydrogen-bond acceptors (Lipinski definition) is 3. The lowest BCUT2D eigenvalue weighted by atomic mass is 10.0. The molecule has 0 radical (unpaired) electrons. The normalized spacial score (nSPS) is 12.6. The van der Waals surface area contributed by atoms with Crippen molar-refractivity contribution in [2.24, 2.45) is 11.5 Å². The molecule has 0 fully saturated rings. The molecular formula is C10H15ClN2O. The van der Waals surface area contributed by atoms with E-state index in [0.29, 0.717) is 11.6 Å². The van der Waals surface area contributed by atoms with Gasteiger partial charge in [-0.25, -0.2) is 0 Å². The second kappa shape index (κ2) is 5.20. The highest BCUT2D eigenvalue weighted by molar-refractivity contribution is 6.30. The second-order valence-corrected chi connectivity index (χ2v) is 3.51. The van der Waals surface area contributed by atoms with Gasteiger partial charge in [0, 0.05) is 16.6 Å². The Kier molecular flexibility index (Phi) is 4.20. The first-order valence-corrected chi connectivity index (χ1v) is 4.86. The van der Waals surface area contributed by atoms with Gasteiger partial charge in [0.15, 0.2) is 0 Å². The van der Waals surface area contributed by atoms with E-state index in [2.05, 4.69) is 0 Å². The summed E-state index contributed by atoms with van der Waals surface area (Å²) in [5, 5.41) is 0.660. The molecule has 4 heteroatoms. The Bertz CT molecular complexity index is 304. The smallest absolute Gasteiger partial charge is 0.123 e. The molecule has 0 aromatic heterocycles. The summed E-state index contributed by atoms with van der Waals surface area (Å²) in [7, 11) is 1.61. The first-order valence-electron chi connectivity index (χ1n) is 4.48. The Morgan fingerprint density at radius 3 is 2.79 bits per heavy atom. The van der Waals surface area contributed by atoms with Gasteiger partial charge in [0.25, 0.3) is 0 Å². The minimum Gasteiger partial charge on any atom is -0.496 e. The molecule has 1 aromatic carbocycles. The summed E-state index contributed by atoms with van der Waals surface area (Å²) in [6.07, 6.45) is 0.719. The van der Waals surface area contributed by atoms with Crippen LogP contribution in [0.4, 0.5) is 0 Å². The van der Waals surface area contributed by atoms with Crippen LogP contribution in [0.25, 0.3) is 0 Å². The average molecular weight is 215 g/mol. The Labute approximate surface area is 89.0 Å². The van der Waals surface area contributed by atoms with Gasteiger partial charge in [-0.1, -0.05) is 11.6 Å². The molecule has 0 aliphatic heterocycles. The van der Waals surface area contributed by atoms with Gasteiger partial charge < -0.3 is 16.2 Å². The van der Waals surface area contributed by atoms with E-state index in [9.17, 15) is 0 Å². The lowest BCUT2D eigenvalue weighted by molar-refractivity contribution is 0.404. The van der Waals surface area contributed by atoms with E-state index < -0.39 is 0 Å². The number of hydrogen-bond donors (Lipinski definition) is 2.